The smallest absolute Gasteiger partial charge is 0.0984 e. The number of hydrogen-bond donors (Lipinski definition) is 0. The average Bonchev–Trinajstić information content (AvgIpc) is 3.17. The van der Waals surface area contributed by atoms with Crippen molar-refractivity contribution in [1.29, 1.82) is 0 Å². The molecule has 0 N–H and O–H groups in total. The minimum Gasteiger partial charge on any atom is -0.241 e. The number of rotatable bonds is 5. The zero-order valence-corrected chi connectivity index (χ0v) is 13.6. The first-order chi connectivity index (χ1) is 10.3. The van der Waals surface area contributed by atoms with Crippen molar-refractivity contribution in [2.45, 2.75) is 19.8 Å². The third-order valence-corrected chi connectivity index (χ3v) is 5.42. The van der Waals surface area contributed by atoms with Gasteiger partial charge in [-0.3, -0.25) is 0 Å². The van der Waals surface area contributed by atoms with Crippen molar-refractivity contribution in [2.24, 2.45) is 0 Å². The zero-order valence-electron chi connectivity index (χ0n) is 12.0. The molecule has 0 spiro atoms. The van der Waals surface area contributed by atoms with E-state index in [0.717, 1.165) is 18.5 Å². The molecule has 0 saturated heterocycles. The van der Waals surface area contributed by atoms with Crippen LogP contribution in [0, 0.1) is 0 Å². The molecule has 0 bridgehead atoms. The van der Waals surface area contributed by atoms with Crippen molar-refractivity contribution in [3.63, 3.8) is 0 Å². The fourth-order valence-corrected chi connectivity index (χ4v) is 4.09. The molecule has 0 aliphatic heterocycles. The molecule has 2 heterocycles. The van der Waals surface area contributed by atoms with E-state index >= 15 is 0 Å². The molecule has 0 aliphatic carbocycles. The molecular weight excluding hydrogens is 294 g/mol. The van der Waals surface area contributed by atoms with E-state index in [0.29, 0.717) is 0 Å². The second kappa shape index (κ2) is 6.37. The van der Waals surface area contributed by atoms with Crippen LogP contribution in [0.3, 0.4) is 0 Å². The van der Waals surface area contributed by atoms with E-state index in [1.165, 1.54) is 25.9 Å². The lowest BCUT2D eigenvalue weighted by Crippen LogP contribution is -1.83. The first-order valence-corrected chi connectivity index (χ1v) is 8.72. The van der Waals surface area contributed by atoms with Crippen molar-refractivity contribution in [1.82, 2.24) is 4.98 Å². The van der Waals surface area contributed by atoms with Crippen LogP contribution in [-0.2, 0) is 6.42 Å². The Hall–Kier alpha value is -1.71. The molecular formula is C18H17NS2. The fourth-order valence-electron chi connectivity index (χ4n) is 2.12. The van der Waals surface area contributed by atoms with Crippen LogP contribution in [0.2, 0.25) is 0 Å². The molecule has 0 saturated carbocycles. The Kier molecular flexibility index (Phi) is 4.32. The summed E-state index contributed by atoms with van der Waals surface area (Å²) in [7, 11) is 0. The van der Waals surface area contributed by atoms with E-state index in [-0.39, 0.29) is 0 Å². The Bertz CT molecular complexity index is 737. The van der Waals surface area contributed by atoms with Gasteiger partial charge in [-0.1, -0.05) is 43.8 Å². The molecule has 0 unspecified atom stereocenters. The van der Waals surface area contributed by atoms with Crippen molar-refractivity contribution >= 4 is 28.2 Å². The Morgan fingerprint density at radius 3 is 2.71 bits per heavy atom. The van der Waals surface area contributed by atoms with Gasteiger partial charge in [0.25, 0.3) is 0 Å². The minimum atomic E-state index is 0.916. The third-order valence-electron chi connectivity index (χ3n) is 3.38. The second-order valence-electron chi connectivity index (χ2n) is 4.89. The number of benzene rings is 1. The summed E-state index contributed by atoms with van der Waals surface area (Å²) in [5.41, 5.74) is 3.48. The maximum atomic E-state index is 4.75. The summed E-state index contributed by atoms with van der Waals surface area (Å²) in [6.07, 6.45) is 1.93. The van der Waals surface area contributed by atoms with Crippen LogP contribution in [0.4, 0.5) is 0 Å². The van der Waals surface area contributed by atoms with Crippen LogP contribution >= 0.6 is 22.7 Å². The van der Waals surface area contributed by atoms with Gasteiger partial charge in [0.05, 0.1) is 10.7 Å². The molecule has 3 heteroatoms. The molecule has 0 fully saturated rings. The van der Waals surface area contributed by atoms with Crippen LogP contribution in [0.25, 0.3) is 16.8 Å². The Labute approximate surface area is 133 Å². The van der Waals surface area contributed by atoms with Crippen LogP contribution in [0.15, 0.2) is 54.4 Å². The van der Waals surface area contributed by atoms with E-state index in [2.05, 4.69) is 55.3 Å². The van der Waals surface area contributed by atoms with Gasteiger partial charge < -0.3 is 0 Å². The molecule has 0 atom stereocenters. The van der Waals surface area contributed by atoms with Crippen molar-refractivity contribution < 1.29 is 0 Å². The average molecular weight is 311 g/mol. The minimum absolute atomic E-state index is 0.916. The number of allylic oxidation sites excluding steroid dienone is 1. The van der Waals surface area contributed by atoms with E-state index in [1.54, 1.807) is 11.3 Å². The van der Waals surface area contributed by atoms with Crippen molar-refractivity contribution in [3.05, 3.63) is 69.2 Å². The highest BCUT2D eigenvalue weighted by molar-refractivity contribution is 7.13. The highest BCUT2D eigenvalue weighted by atomic mass is 32.1. The Balaban J connectivity index is 1.76. The lowest BCUT2D eigenvalue weighted by atomic mass is 10.2. The molecule has 21 heavy (non-hydrogen) atoms. The van der Waals surface area contributed by atoms with Gasteiger partial charge in [-0.15, -0.1) is 22.7 Å². The molecule has 2 aromatic heterocycles. The SMILES string of the molecule is C=C(CC)c1ccc(Cc2nc(-c3ccccc3)cs2)s1. The quantitative estimate of drug-likeness (QED) is 0.573. The highest BCUT2D eigenvalue weighted by Crippen LogP contribution is 2.28. The number of hydrogen-bond acceptors (Lipinski definition) is 3. The molecule has 1 nitrogen and oxygen atoms in total. The predicted octanol–water partition coefficient (Wildman–Crippen LogP) is 5.89. The van der Waals surface area contributed by atoms with E-state index in [4.69, 9.17) is 4.98 Å². The van der Waals surface area contributed by atoms with Crippen molar-refractivity contribution in [2.75, 3.05) is 0 Å². The van der Waals surface area contributed by atoms with Crippen LogP contribution < -0.4 is 0 Å². The summed E-state index contributed by atoms with van der Waals surface area (Å²) in [6.45, 7) is 6.25. The molecule has 0 aliphatic rings. The third kappa shape index (κ3) is 3.31. The van der Waals surface area contributed by atoms with Gasteiger partial charge in [-0.05, 0) is 24.1 Å². The Morgan fingerprint density at radius 2 is 1.95 bits per heavy atom. The topological polar surface area (TPSA) is 12.9 Å². The zero-order chi connectivity index (χ0) is 14.7. The van der Waals surface area contributed by atoms with E-state index < -0.39 is 0 Å². The summed E-state index contributed by atoms with van der Waals surface area (Å²) >= 11 is 3.57. The van der Waals surface area contributed by atoms with Crippen LogP contribution in [0.5, 0.6) is 0 Å². The summed E-state index contributed by atoms with van der Waals surface area (Å²) in [6, 6.07) is 14.7. The fraction of sp³-hybridized carbons (Fsp3) is 0.167. The molecule has 106 valence electrons. The van der Waals surface area contributed by atoms with Gasteiger partial charge in [0.1, 0.15) is 0 Å². The van der Waals surface area contributed by atoms with Crippen LogP contribution in [0.1, 0.15) is 28.1 Å². The number of nitrogens with zero attached hydrogens (tertiary/aromatic N) is 1. The van der Waals surface area contributed by atoms with E-state index in [1.807, 2.05) is 17.4 Å². The summed E-state index contributed by atoms with van der Waals surface area (Å²) in [5.74, 6) is 0. The Morgan fingerprint density at radius 1 is 1.14 bits per heavy atom. The molecule has 3 aromatic rings. The first-order valence-electron chi connectivity index (χ1n) is 7.03. The number of thiazole rings is 1. The van der Waals surface area contributed by atoms with Gasteiger partial charge in [-0.2, -0.15) is 0 Å². The molecule has 0 amide bonds. The second-order valence-corrected chi connectivity index (χ2v) is 7.00. The molecule has 0 radical (unpaired) electrons. The highest BCUT2D eigenvalue weighted by Gasteiger charge is 2.08. The maximum absolute atomic E-state index is 4.75. The summed E-state index contributed by atoms with van der Waals surface area (Å²) < 4.78 is 0. The maximum Gasteiger partial charge on any atom is 0.0984 e. The number of thiophene rings is 1. The van der Waals surface area contributed by atoms with Gasteiger partial charge in [0.15, 0.2) is 0 Å². The van der Waals surface area contributed by atoms with Gasteiger partial charge in [0.2, 0.25) is 0 Å². The monoisotopic (exact) mass is 311 g/mol. The predicted molar refractivity (Wildman–Crippen MR) is 94.0 cm³/mol. The van der Waals surface area contributed by atoms with Crippen LogP contribution in [-0.4, -0.2) is 4.98 Å². The van der Waals surface area contributed by atoms with Gasteiger partial charge >= 0.3 is 0 Å². The largest absolute Gasteiger partial charge is 0.241 e. The lowest BCUT2D eigenvalue weighted by Gasteiger charge is -1.96. The first kappa shape index (κ1) is 14.2. The normalized spacial score (nSPS) is 10.7. The molecule has 3 rings (SSSR count). The van der Waals surface area contributed by atoms with Gasteiger partial charge in [-0.25, -0.2) is 4.98 Å². The summed E-state index contributed by atoms with van der Waals surface area (Å²) in [5, 5.41) is 3.31. The van der Waals surface area contributed by atoms with Crippen molar-refractivity contribution in [3.8, 4) is 11.3 Å². The molecule has 1 aromatic carbocycles. The van der Waals surface area contributed by atoms with E-state index in [9.17, 15) is 0 Å². The lowest BCUT2D eigenvalue weighted by molar-refractivity contribution is 1.17. The summed E-state index contributed by atoms with van der Waals surface area (Å²) in [4.78, 5) is 7.41. The standard InChI is InChI=1S/C18H17NS2/c1-3-13(2)17-10-9-15(21-17)11-18-19-16(12-20-18)14-7-5-4-6-8-14/h4-10,12H,2-3,11H2,1H3. The number of aromatic nitrogens is 1. The van der Waals surface area contributed by atoms with Gasteiger partial charge in [0, 0.05) is 27.1 Å².